The van der Waals surface area contributed by atoms with Crippen LogP contribution in [0.15, 0.2) is 41.0 Å². The summed E-state index contributed by atoms with van der Waals surface area (Å²) in [6.07, 6.45) is 1.57. The second-order valence-corrected chi connectivity index (χ2v) is 4.20. The van der Waals surface area contributed by atoms with Crippen LogP contribution in [0.1, 0.15) is 21.7 Å². The van der Waals surface area contributed by atoms with Crippen molar-refractivity contribution < 1.29 is 13.6 Å². The molecule has 0 N–H and O–H groups in total. The number of benzene rings is 1. The van der Waals surface area contributed by atoms with E-state index in [1.807, 2.05) is 0 Å². The lowest BCUT2D eigenvalue weighted by Crippen LogP contribution is -2.26. The fourth-order valence-electron chi connectivity index (χ4n) is 1.71. The molecule has 2 aromatic rings. The van der Waals surface area contributed by atoms with Crippen LogP contribution in [0.2, 0.25) is 0 Å². The summed E-state index contributed by atoms with van der Waals surface area (Å²) in [7, 11) is 1.68. The average molecular weight is 247 g/mol. The van der Waals surface area contributed by atoms with Crippen molar-refractivity contribution in [1.82, 2.24) is 4.90 Å². The van der Waals surface area contributed by atoms with Crippen molar-refractivity contribution in [2.75, 3.05) is 7.05 Å². The van der Waals surface area contributed by atoms with Crippen molar-refractivity contribution in [3.8, 4) is 0 Å². The highest BCUT2D eigenvalue weighted by molar-refractivity contribution is 5.94. The maximum Gasteiger partial charge on any atom is 0.254 e. The van der Waals surface area contributed by atoms with E-state index in [2.05, 4.69) is 0 Å². The van der Waals surface area contributed by atoms with Gasteiger partial charge in [-0.15, -0.1) is 0 Å². The summed E-state index contributed by atoms with van der Waals surface area (Å²) in [5, 5.41) is 0. The van der Waals surface area contributed by atoms with Gasteiger partial charge in [-0.25, -0.2) is 4.39 Å². The fourth-order valence-corrected chi connectivity index (χ4v) is 1.71. The molecule has 1 amide bonds. The number of carbonyl (C=O) groups excluding carboxylic acids is 1. The Hall–Kier alpha value is -2.10. The van der Waals surface area contributed by atoms with Gasteiger partial charge in [-0.1, -0.05) is 0 Å². The summed E-state index contributed by atoms with van der Waals surface area (Å²) in [6.45, 7) is 2.03. The standard InChI is InChI=1S/C14H14FNO2/c1-10-8-11(5-6-13(10)15)14(17)16(2)9-12-4-3-7-18-12/h3-8H,9H2,1-2H3. The van der Waals surface area contributed by atoms with Gasteiger partial charge in [0.1, 0.15) is 11.6 Å². The topological polar surface area (TPSA) is 33.5 Å². The van der Waals surface area contributed by atoms with Gasteiger partial charge >= 0.3 is 0 Å². The first-order valence-electron chi connectivity index (χ1n) is 5.62. The molecule has 0 aliphatic heterocycles. The van der Waals surface area contributed by atoms with Crippen molar-refractivity contribution in [2.45, 2.75) is 13.5 Å². The Morgan fingerprint density at radius 3 is 2.78 bits per heavy atom. The molecule has 0 aliphatic rings. The number of nitrogens with zero attached hydrogens (tertiary/aromatic N) is 1. The summed E-state index contributed by atoms with van der Waals surface area (Å²) in [6, 6.07) is 7.93. The molecule has 1 heterocycles. The van der Waals surface area contributed by atoms with Gasteiger partial charge in [0, 0.05) is 12.6 Å². The van der Waals surface area contributed by atoms with Gasteiger partial charge in [-0.05, 0) is 42.8 Å². The molecule has 3 nitrogen and oxygen atoms in total. The Balaban J connectivity index is 2.12. The molecular weight excluding hydrogens is 233 g/mol. The zero-order valence-corrected chi connectivity index (χ0v) is 10.3. The first kappa shape index (κ1) is 12.4. The normalized spacial score (nSPS) is 10.4. The van der Waals surface area contributed by atoms with Crippen molar-refractivity contribution in [1.29, 1.82) is 0 Å². The van der Waals surface area contributed by atoms with Gasteiger partial charge in [0.2, 0.25) is 0 Å². The molecule has 2 rings (SSSR count). The molecule has 0 bridgehead atoms. The zero-order chi connectivity index (χ0) is 13.1. The molecule has 1 aromatic heterocycles. The second-order valence-electron chi connectivity index (χ2n) is 4.20. The third-order valence-electron chi connectivity index (χ3n) is 2.72. The van der Waals surface area contributed by atoms with E-state index in [4.69, 9.17) is 4.42 Å². The zero-order valence-electron chi connectivity index (χ0n) is 10.3. The highest BCUT2D eigenvalue weighted by Crippen LogP contribution is 2.12. The molecule has 0 radical (unpaired) electrons. The predicted octanol–water partition coefficient (Wildman–Crippen LogP) is 3.00. The van der Waals surface area contributed by atoms with Crippen molar-refractivity contribution in [3.63, 3.8) is 0 Å². The van der Waals surface area contributed by atoms with Gasteiger partial charge in [0.05, 0.1) is 12.8 Å². The maximum atomic E-state index is 13.1. The summed E-state index contributed by atoms with van der Waals surface area (Å²) < 4.78 is 18.3. The molecule has 0 aliphatic carbocycles. The molecule has 18 heavy (non-hydrogen) atoms. The quantitative estimate of drug-likeness (QED) is 0.835. The predicted molar refractivity (Wildman–Crippen MR) is 65.6 cm³/mol. The molecule has 94 valence electrons. The van der Waals surface area contributed by atoms with E-state index < -0.39 is 0 Å². The van der Waals surface area contributed by atoms with Crippen molar-refractivity contribution >= 4 is 5.91 Å². The molecule has 0 unspecified atom stereocenters. The lowest BCUT2D eigenvalue weighted by Gasteiger charge is -2.16. The summed E-state index contributed by atoms with van der Waals surface area (Å²) >= 11 is 0. The Morgan fingerprint density at radius 2 is 2.17 bits per heavy atom. The minimum atomic E-state index is -0.305. The van der Waals surface area contributed by atoms with E-state index in [-0.39, 0.29) is 11.7 Å². The van der Waals surface area contributed by atoms with Gasteiger partial charge in [-0.2, -0.15) is 0 Å². The van der Waals surface area contributed by atoms with E-state index in [0.29, 0.717) is 23.4 Å². The van der Waals surface area contributed by atoms with Crippen molar-refractivity contribution in [2.24, 2.45) is 0 Å². The monoisotopic (exact) mass is 247 g/mol. The fraction of sp³-hybridized carbons (Fsp3) is 0.214. The number of hydrogen-bond donors (Lipinski definition) is 0. The number of aryl methyl sites for hydroxylation is 1. The number of hydrogen-bond acceptors (Lipinski definition) is 2. The van der Waals surface area contributed by atoms with Crippen molar-refractivity contribution in [3.05, 3.63) is 59.3 Å². The second kappa shape index (κ2) is 5.04. The third kappa shape index (κ3) is 2.59. The average Bonchev–Trinajstić information content (AvgIpc) is 2.84. The van der Waals surface area contributed by atoms with E-state index in [1.165, 1.54) is 17.0 Å². The smallest absolute Gasteiger partial charge is 0.254 e. The molecular formula is C14H14FNO2. The summed E-state index contributed by atoms with van der Waals surface area (Å²) in [5.41, 5.74) is 0.940. The van der Waals surface area contributed by atoms with Gasteiger partial charge in [0.15, 0.2) is 0 Å². The minimum Gasteiger partial charge on any atom is -0.467 e. The Kier molecular flexibility index (Phi) is 3.46. The van der Waals surface area contributed by atoms with Gasteiger partial charge in [-0.3, -0.25) is 4.79 Å². The van der Waals surface area contributed by atoms with Crippen LogP contribution in [0.3, 0.4) is 0 Å². The van der Waals surface area contributed by atoms with E-state index in [9.17, 15) is 9.18 Å². The molecule has 0 atom stereocenters. The number of amides is 1. The van der Waals surface area contributed by atoms with Crippen LogP contribution in [0.25, 0.3) is 0 Å². The van der Waals surface area contributed by atoms with Crippen LogP contribution >= 0.6 is 0 Å². The highest BCUT2D eigenvalue weighted by atomic mass is 19.1. The molecule has 0 spiro atoms. The SMILES string of the molecule is Cc1cc(C(=O)N(C)Cc2ccco2)ccc1F. The molecule has 0 saturated heterocycles. The number of rotatable bonds is 3. The number of furan rings is 1. The Bertz CT molecular complexity index is 549. The number of halogens is 1. The molecule has 0 saturated carbocycles. The maximum absolute atomic E-state index is 13.1. The summed E-state index contributed by atoms with van der Waals surface area (Å²) in [4.78, 5) is 13.6. The van der Waals surface area contributed by atoms with Crippen LogP contribution in [0.5, 0.6) is 0 Å². The number of carbonyl (C=O) groups is 1. The molecule has 4 heteroatoms. The van der Waals surface area contributed by atoms with Crippen LogP contribution in [0.4, 0.5) is 4.39 Å². The van der Waals surface area contributed by atoms with E-state index in [0.717, 1.165) is 0 Å². The largest absolute Gasteiger partial charge is 0.467 e. The first-order chi connectivity index (χ1) is 8.58. The first-order valence-corrected chi connectivity index (χ1v) is 5.62. The Labute approximate surface area is 105 Å². The van der Waals surface area contributed by atoms with Crippen LogP contribution in [-0.4, -0.2) is 17.9 Å². The van der Waals surface area contributed by atoms with Gasteiger partial charge in [0.25, 0.3) is 5.91 Å². The van der Waals surface area contributed by atoms with Gasteiger partial charge < -0.3 is 9.32 Å². The van der Waals surface area contributed by atoms with Crippen LogP contribution in [0, 0.1) is 12.7 Å². The van der Waals surface area contributed by atoms with E-state index in [1.54, 1.807) is 38.4 Å². The lowest BCUT2D eigenvalue weighted by atomic mass is 10.1. The minimum absolute atomic E-state index is 0.158. The Morgan fingerprint density at radius 1 is 1.39 bits per heavy atom. The third-order valence-corrected chi connectivity index (χ3v) is 2.72. The van der Waals surface area contributed by atoms with Crippen LogP contribution in [-0.2, 0) is 6.54 Å². The van der Waals surface area contributed by atoms with Crippen LogP contribution < -0.4 is 0 Å². The summed E-state index contributed by atoms with van der Waals surface area (Å²) in [5.74, 6) is 0.249. The molecule has 1 aromatic carbocycles. The highest BCUT2D eigenvalue weighted by Gasteiger charge is 2.14. The molecule has 0 fully saturated rings. The van der Waals surface area contributed by atoms with E-state index >= 15 is 0 Å². The lowest BCUT2D eigenvalue weighted by molar-refractivity contribution is 0.0775.